The molecule has 0 aliphatic rings. The molecule has 0 N–H and O–H groups in total. The van der Waals surface area contributed by atoms with Gasteiger partial charge in [0.15, 0.2) is 0 Å². The highest BCUT2D eigenvalue weighted by atomic mass is 35.5. The molecule has 0 unspecified atom stereocenters. The van der Waals surface area contributed by atoms with E-state index < -0.39 is 0 Å². The molecular formula is C9H5Cl2FN2. The maximum atomic E-state index is 12.6. The third-order valence-electron chi connectivity index (χ3n) is 1.80. The fourth-order valence-electron chi connectivity index (χ4n) is 1.20. The molecule has 2 aromatic rings. The van der Waals surface area contributed by atoms with Crippen molar-refractivity contribution in [2.75, 3.05) is 0 Å². The average molecular weight is 231 g/mol. The van der Waals surface area contributed by atoms with Crippen LogP contribution in [0, 0.1) is 0 Å². The standard InChI is InChI=1S/C9H5Cl2FN2/c10-7-2-1-3-8(11)9(7)6-4-13-14(12)5-6/h1-5H. The van der Waals surface area contributed by atoms with Crippen LogP contribution in [0.2, 0.25) is 10.0 Å². The Bertz CT molecular complexity index is 447. The van der Waals surface area contributed by atoms with Gasteiger partial charge in [-0.3, -0.25) is 0 Å². The minimum atomic E-state index is 0.217. The first-order valence-corrected chi connectivity index (χ1v) is 4.59. The molecule has 0 spiro atoms. The van der Waals surface area contributed by atoms with E-state index in [-0.39, 0.29) is 4.90 Å². The zero-order valence-electron chi connectivity index (χ0n) is 6.92. The van der Waals surface area contributed by atoms with Crippen molar-refractivity contribution in [3.63, 3.8) is 0 Å². The van der Waals surface area contributed by atoms with Gasteiger partial charge in [0.25, 0.3) is 0 Å². The molecule has 0 bridgehead atoms. The Balaban J connectivity index is 2.61. The first kappa shape index (κ1) is 9.49. The van der Waals surface area contributed by atoms with Crippen molar-refractivity contribution in [2.24, 2.45) is 0 Å². The van der Waals surface area contributed by atoms with Crippen LogP contribution in [0.3, 0.4) is 0 Å². The summed E-state index contributed by atoms with van der Waals surface area (Å²) >= 11 is 11.9. The SMILES string of the molecule is Fn1cc(-c2c(Cl)cccc2Cl)cn1. The lowest BCUT2D eigenvalue weighted by Crippen LogP contribution is -1.79. The Kier molecular flexibility index (Phi) is 2.44. The van der Waals surface area contributed by atoms with Crippen LogP contribution in [0.25, 0.3) is 11.1 Å². The number of nitrogens with zero attached hydrogens (tertiary/aromatic N) is 2. The maximum Gasteiger partial charge on any atom is 0.0688 e. The number of halogens is 3. The van der Waals surface area contributed by atoms with Gasteiger partial charge in [0.05, 0.1) is 22.4 Å². The monoisotopic (exact) mass is 230 g/mol. The van der Waals surface area contributed by atoms with E-state index in [0.717, 1.165) is 0 Å². The smallest absolute Gasteiger partial charge is 0.0688 e. The van der Waals surface area contributed by atoms with E-state index in [1.807, 2.05) is 0 Å². The quantitative estimate of drug-likeness (QED) is 0.733. The van der Waals surface area contributed by atoms with Crippen molar-refractivity contribution in [1.29, 1.82) is 0 Å². The molecule has 1 aromatic heterocycles. The zero-order valence-corrected chi connectivity index (χ0v) is 8.43. The van der Waals surface area contributed by atoms with Crippen LogP contribution in [-0.2, 0) is 0 Å². The highest BCUT2D eigenvalue weighted by Crippen LogP contribution is 2.33. The largest absolute Gasteiger partial charge is 0.150 e. The van der Waals surface area contributed by atoms with E-state index >= 15 is 0 Å². The lowest BCUT2D eigenvalue weighted by Gasteiger charge is -2.02. The molecule has 0 atom stereocenters. The number of hydrogen-bond donors (Lipinski definition) is 0. The molecule has 2 rings (SSSR count). The Morgan fingerprint density at radius 2 is 1.86 bits per heavy atom. The van der Waals surface area contributed by atoms with Crippen LogP contribution in [0.15, 0.2) is 30.6 Å². The number of rotatable bonds is 1. The predicted molar refractivity (Wildman–Crippen MR) is 54.2 cm³/mol. The molecule has 14 heavy (non-hydrogen) atoms. The van der Waals surface area contributed by atoms with E-state index in [0.29, 0.717) is 21.2 Å². The molecule has 0 saturated heterocycles. The third kappa shape index (κ3) is 1.61. The fraction of sp³-hybridized carbons (Fsp3) is 0. The summed E-state index contributed by atoms with van der Waals surface area (Å²) in [7, 11) is 0. The average Bonchev–Trinajstić information content (AvgIpc) is 2.51. The first-order valence-electron chi connectivity index (χ1n) is 3.83. The van der Waals surface area contributed by atoms with E-state index in [1.165, 1.54) is 12.4 Å². The molecule has 1 heterocycles. The van der Waals surface area contributed by atoms with Gasteiger partial charge in [-0.25, -0.2) is 0 Å². The van der Waals surface area contributed by atoms with Gasteiger partial charge in [-0.2, -0.15) is 5.10 Å². The van der Waals surface area contributed by atoms with Crippen molar-refractivity contribution in [3.8, 4) is 11.1 Å². The molecular weight excluding hydrogens is 226 g/mol. The summed E-state index contributed by atoms with van der Waals surface area (Å²) in [5.74, 6) is 0. The lowest BCUT2D eigenvalue weighted by molar-refractivity contribution is 0.316. The maximum absolute atomic E-state index is 12.6. The van der Waals surface area contributed by atoms with Gasteiger partial charge in [-0.05, 0) is 12.1 Å². The summed E-state index contributed by atoms with van der Waals surface area (Å²) in [6.45, 7) is 0. The highest BCUT2D eigenvalue weighted by molar-refractivity contribution is 6.39. The van der Waals surface area contributed by atoms with Crippen LogP contribution in [-0.4, -0.2) is 10.0 Å². The molecule has 0 saturated carbocycles. The van der Waals surface area contributed by atoms with Crippen molar-refractivity contribution in [3.05, 3.63) is 40.6 Å². The second-order valence-electron chi connectivity index (χ2n) is 2.71. The van der Waals surface area contributed by atoms with Crippen LogP contribution in [0.5, 0.6) is 0 Å². The molecule has 5 heteroatoms. The van der Waals surface area contributed by atoms with Crippen molar-refractivity contribution >= 4 is 23.2 Å². The van der Waals surface area contributed by atoms with Gasteiger partial charge in [-0.15, -0.1) is 4.90 Å². The molecule has 1 aromatic carbocycles. The normalized spacial score (nSPS) is 10.5. The van der Waals surface area contributed by atoms with Gasteiger partial charge in [0, 0.05) is 11.1 Å². The lowest BCUT2D eigenvalue weighted by atomic mass is 10.1. The number of hydrogen-bond acceptors (Lipinski definition) is 1. The van der Waals surface area contributed by atoms with E-state index in [9.17, 15) is 4.48 Å². The van der Waals surface area contributed by atoms with Gasteiger partial charge in [-0.1, -0.05) is 33.7 Å². The molecule has 0 amide bonds. The topological polar surface area (TPSA) is 17.8 Å². The molecule has 0 aliphatic heterocycles. The van der Waals surface area contributed by atoms with Crippen LogP contribution in [0.4, 0.5) is 4.48 Å². The second kappa shape index (κ2) is 3.59. The van der Waals surface area contributed by atoms with Gasteiger partial charge in [0.2, 0.25) is 0 Å². The summed E-state index contributed by atoms with van der Waals surface area (Å²) in [4.78, 5) is 0.217. The minimum Gasteiger partial charge on any atom is -0.150 e. The Labute approximate surface area is 89.8 Å². The summed E-state index contributed by atoms with van der Waals surface area (Å²) < 4.78 is 12.6. The zero-order chi connectivity index (χ0) is 10.1. The third-order valence-corrected chi connectivity index (χ3v) is 2.43. The summed E-state index contributed by atoms with van der Waals surface area (Å²) in [6, 6.07) is 5.12. The van der Waals surface area contributed by atoms with E-state index in [2.05, 4.69) is 5.10 Å². The van der Waals surface area contributed by atoms with E-state index in [1.54, 1.807) is 18.2 Å². The minimum absolute atomic E-state index is 0.217. The highest BCUT2D eigenvalue weighted by Gasteiger charge is 2.09. The second-order valence-corrected chi connectivity index (χ2v) is 3.53. The predicted octanol–water partition coefficient (Wildman–Crippen LogP) is 3.59. The Hall–Kier alpha value is -1.06. The van der Waals surface area contributed by atoms with Crippen molar-refractivity contribution in [1.82, 2.24) is 10.0 Å². The number of aromatic nitrogens is 2. The van der Waals surface area contributed by atoms with Gasteiger partial charge < -0.3 is 0 Å². The van der Waals surface area contributed by atoms with Crippen molar-refractivity contribution < 1.29 is 4.48 Å². The summed E-state index contributed by atoms with van der Waals surface area (Å²) in [5.41, 5.74) is 1.16. The van der Waals surface area contributed by atoms with Crippen LogP contribution < -0.4 is 0 Å². The van der Waals surface area contributed by atoms with Gasteiger partial charge in [0.1, 0.15) is 0 Å². The van der Waals surface area contributed by atoms with Crippen LogP contribution in [0.1, 0.15) is 0 Å². The summed E-state index contributed by atoms with van der Waals surface area (Å²) in [6.07, 6.45) is 2.58. The van der Waals surface area contributed by atoms with Crippen LogP contribution >= 0.6 is 23.2 Å². The fourth-order valence-corrected chi connectivity index (χ4v) is 1.82. The Morgan fingerprint density at radius 1 is 1.21 bits per heavy atom. The summed E-state index contributed by atoms with van der Waals surface area (Å²) in [5, 5.41) is 4.36. The molecule has 2 nitrogen and oxygen atoms in total. The number of benzene rings is 1. The molecule has 72 valence electrons. The molecule has 0 radical (unpaired) electrons. The van der Waals surface area contributed by atoms with E-state index in [4.69, 9.17) is 23.2 Å². The van der Waals surface area contributed by atoms with Crippen molar-refractivity contribution in [2.45, 2.75) is 0 Å². The Morgan fingerprint density at radius 3 is 2.36 bits per heavy atom. The van der Waals surface area contributed by atoms with Gasteiger partial charge >= 0.3 is 0 Å². The molecule has 0 fully saturated rings. The first-order chi connectivity index (χ1) is 6.68. The molecule has 0 aliphatic carbocycles.